The highest BCUT2D eigenvalue weighted by atomic mass is 16.5. The van der Waals surface area contributed by atoms with Crippen LogP contribution in [0.2, 0.25) is 0 Å². The third-order valence-electron chi connectivity index (χ3n) is 6.49. The molecule has 1 aromatic rings. The van der Waals surface area contributed by atoms with E-state index in [2.05, 4.69) is 38.7 Å². The van der Waals surface area contributed by atoms with Crippen molar-refractivity contribution in [2.24, 2.45) is 22.5 Å². The van der Waals surface area contributed by atoms with Crippen molar-refractivity contribution < 1.29 is 4.74 Å². The summed E-state index contributed by atoms with van der Waals surface area (Å²) in [4.78, 5) is 4.65. The average Bonchev–Trinajstić information content (AvgIpc) is 2.80. The molecule has 3 unspecified atom stereocenters. The molecule has 1 aromatic heterocycles. The van der Waals surface area contributed by atoms with Crippen LogP contribution in [0.25, 0.3) is 0 Å². The van der Waals surface area contributed by atoms with E-state index in [1.807, 2.05) is 6.07 Å². The van der Waals surface area contributed by atoms with Crippen LogP contribution in [-0.2, 0) is 13.0 Å². The van der Waals surface area contributed by atoms with Crippen LogP contribution in [0.15, 0.2) is 12.1 Å². The number of rotatable bonds is 4. The fraction of sp³-hybridized carbons (Fsp3) is 0.722. The van der Waals surface area contributed by atoms with Crippen molar-refractivity contribution in [2.45, 2.75) is 66.0 Å². The minimum absolute atomic E-state index is 0.268. The van der Waals surface area contributed by atoms with Crippen LogP contribution in [0.4, 0.5) is 0 Å². The topological polar surface area (TPSA) is 48.1 Å². The number of aromatic nitrogens is 1. The molecule has 0 radical (unpaired) electrons. The maximum Gasteiger partial charge on any atom is 0.214 e. The van der Waals surface area contributed by atoms with Crippen LogP contribution in [0.3, 0.4) is 0 Å². The van der Waals surface area contributed by atoms with Crippen molar-refractivity contribution in [3.63, 3.8) is 0 Å². The molecule has 3 nitrogen and oxygen atoms in total. The Labute approximate surface area is 128 Å². The Morgan fingerprint density at radius 3 is 2.62 bits per heavy atom. The summed E-state index contributed by atoms with van der Waals surface area (Å²) in [5.74, 6) is 1.56. The van der Waals surface area contributed by atoms with E-state index < -0.39 is 0 Å². The summed E-state index contributed by atoms with van der Waals surface area (Å²) in [5.41, 5.74) is 8.62. The first-order valence-corrected chi connectivity index (χ1v) is 8.27. The van der Waals surface area contributed by atoms with Gasteiger partial charge in [0, 0.05) is 23.7 Å². The Bertz CT molecular complexity index is 518. The number of aryl methyl sites for hydroxylation is 1. The lowest BCUT2D eigenvalue weighted by Crippen LogP contribution is -2.39. The highest BCUT2D eigenvalue weighted by Crippen LogP contribution is 2.66. The van der Waals surface area contributed by atoms with Crippen molar-refractivity contribution in [1.82, 2.24) is 4.98 Å². The van der Waals surface area contributed by atoms with Gasteiger partial charge in [0.25, 0.3) is 0 Å². The quantitative estimate of drug-likeness (QED) is 0.919. The van der Waals surface area contributed by atoms with Gasteiger partial charge >= 0.3 is 0 Å². The SMILES string of the molecule is CCc1cc(CN)cc(OC2CC3CCC2(C)C3(C)C)n1. The van der Waals surface area contributed by atoms with Gasteiger partial charge in [-0.1, -0.05) is 27.7 Å². The zero-order valence-electron chi connectivity index (χ0n) is 13.8. The van der Waals surface area contributed by atoms with Crippen LogP contribution in [-0.4, -0.2) is 11.1 Å². The first-order chi connectivity index (χ1) is 9.90. The molecule has 2 saturated carbocycles. The van der Waals surface area contributed by atoms with Gasteiger partial charge in [0.2, 0.25) is 5.88 Å². The Morgan fingerprint density at radius 1 is 1.33 bits per heavy atom. The number of ether oxygens (including phenoxy) is 1. The molecule has 2 N–H and O–H groups in total. The average molecular weight is 288 g/mol. The fourth-order valence-electron chi connectivity index (χ4n) is 4.43. The molecule has 0 spiro atoms. The Morgan fingerprint density at radius 2 is 2.10 bits per heavy atom. The summed E-state index contributed by atoms with van der Waals surface area (Å²) in [6.07, 6.45) is 4.99. The molecule has 3 atom stereocenters. The Balaban J connectivity index is 1.85. The molecule has 2 aliphatic carbocycles. The molecule has 3 rings (SSSR count). The highest BCUT2D eigenvalue weighted by molar-refractivity contribution is 5.26. The maximum atomic E-state index is 6.37. The van der Waals surface area contributed by atoms with Crippen LogP contribution in [0.5, 0.6) is 5.88 Å². The van der Waals surface area contributed by atoms with Gasteiger partial charge in [-0.3, -0.25) is 0 Å². The van der Waals surface area contributed by atoms with E-state index in [9.17, 15) is 0 Å². The molecule has 0 saturated heterocycles. The molecule has 21 heavy (non-hydrogen) atoms. The molecular formula is C18H28N2O. The summed E-state index contributed by atoms with van der Waals surface area (Å²) in [7, 11) is 0. The van der Waals surface area contributed by atoms with Gasteiger partial charge in [-0.2, -0.15) is 0 Å². The molecule has 0 amide bonds. The lowest BCUT2D eigenvalue weighted by atomic mass is 9.70. The monoisotopic (exact) mass is 288 g/mol. The summed E-state index contributed by atoms with van der Waals surface area (Å²) in [6, 6.07) is 4.10. The molecule has 3 heteroatoms. The van der Waals surface area contributed by atoms with Crippen molar-refractivity contribution in [2.75, 3.05) is 0 Å². The molecule has 1 heterocycles. The van der Waals surface area contributed by atoms with Gasteiger partial charge < -0.3 is 10.5 Å². The van der Waals surface area contributed by atoms with Crippen LogP contribution >= 0.6 is 0 Å². The van der Waals surface area contributed by atoms with E-state index in [0.29, 0.717) is 12.0 Å². The summed E-state index contributed by atoms with van der Waals surface area (Å²) in [6.45, 7) is 9.89. The van der Waals surface area contributed by atoms with Gasteiger partial charge in [0.15, 0.2) is 0 Å². The zero-order valence-corrected chi connectivity index (χ0v) is 13.8. The molecule has 116 valence electrons. The number of fused-ring (bicyclic) bond motifs is 2. The third-order valence-corrected chi connectivity index (χ3v) is 6.49. The molecule has 0 aromatic carbocycles. The van der Waals surface area contributed by atoms with E-state index in [0.717, 1.165) is 29.5 Å². The number of pyridine rings is 1. The van der Waals surface area contributed by atoms with Gasteiger partial charge in [-0.15, -0.1) is 0 Å². The number of nitrogens with two attached hydrogens (primary N) is 1. The summed E-state index contributed by atoms with van der Waals surface area (Å²) >= 11 is 0. The Kier molecular flexibility index (Phi) is 3.52. The second-order valence-electron chi connectivity index (χ2n) is 7.58. The van der Waals surface area contributed by atoms with E-state index in [4.69, 9.17) is 10.5 Å². The van der Waals surface area contributed by atoms with Gasteiger partial charge in [-0.25, -0.2) is 4.98 Å². The van der Waals surface area contributed by atoms with Crippen LogP contribution in [0, 0.1) is 16.7 Å². The number of nitrogens with zero attached hydrogens (tertiary/aromatic N) is 1. The number of hydrogen-bond donors (Lipinski definition) is 1. The van der Waals surface area contributed by atoms with Crippen LogP contribution in [0.1, 0.15) is 58.2 Å². The number of hydrogen-bond acceptors (Lipinski definition) is 3. The fourth-order valence-corrected chi connectivity index (χ4v) is 4.43. The summed E-state index contributed by atoms with van der Waals surface area (Å²) < 4.78 is 6.37. The largest absolute Gasteiger partial charge is 0.474 e. The predicted molar refractivity (Wildman–Crippen MR) is 85.2 cm³/mol. The van der Waals surface area contributed by atoms with E-state index in [1.54, 1.807) is 0 Å². The second-order valence-corrected chi connectivity index (χ2v) is 7.58. The van der Waals surface area contributed by atoms with Crippen molar-refractivity contribution in [1.29, 1.82) is 0 Å². The molecule has 0 aliphatic heterocycles. The minimum atomic E-state index is 0.268. The smallest absolute Gasteiger partial charge is 0.214 e. The van der Waals surface area contributed by atoms with E-state index in [1.165, 1.54) is 19.3 Å². The highest BCUT2D eigenvalue weighted by Gasteiger charge is 2.62. The first-order valence-electron chi connectivity index (χ1n) is 8.27. The van der Waals surface area contributed by atoms with Crippen LogP contribution < -0.4 is 10.5 Å². The van der Waals surface area contributed by atoms with E-state index in [-0.39, 0.29) is 11.5 Å². The molecule has 2 fully saturated rings. The maximum absolute atomic E-state index is 6.37. The Hall–Kier alpha value is -1.09. The van der Waals surface area contributed by atoms with Gasteiger partial charge in [-0.05, 0) is 48.6 Å². The zero-order chi connectivity index (χ0) is 15.3. The van der Waals surface area contributed by atoms with E-state index >= 15 is 0 Å². The normalized spacial score (nSPS) is 33.4. The lowest BCUT2D eigenvalue weighted by Gasteiger charge is -2.38. The predicted octanol–water partition coefficient (Wildman–Crippen LogP) is 3.70. The molecule has 2 bridgehead atoms. The second kappa shape index (κ2) is 4.98. The standard InChI is InChI=1S/C18H28N2O/c1-5-14-8-12(11-19)9-16(20-14)21-15-10-13-6-7-18(15,4)17(13,2)3/h8-9,13,15H,5-7,10-11,19H2,1-4H3. The van der Waals surface area contributed by atoms with Crippen molar-refractivity contribution >= 4 is 0 Å². The minimum Gasteiger partial charge on any atom is -0.474 e. The molecular weight excluding hydrogens is 260 g/mol. The third kappa shape index (κ3) is 2.17. The lowest BCUT2D eigenvalue weighted by molar-refractivity contribution is 0.0271. The van der Waals surface area contributed by atoms with Crippen molar-refractivity contribution in [3.05, 3.63) is 23.4 Å². The van der Waals surface area contributed by atoms with Gasteiger partial charge in [0.05, 0.1) is 0 Å². The summed E-state index contributed by atoms with van der Waals surface area (Å²) in [5, 5.41) is 0. The van der Waals surface area contributed by atoms with Crippen molar-refractivity contribution in [3.8, 4) is 5.88 Å². The molecule has 2 aliphatic rings. The van der Waals surface area contributed by atoms with Gasteiger partial charge in [0.1, 0.15) is 6.10 Å². The first kappa shape index (κ1) is 14.8.